The van der Waals surface area contributed by atoms with Gasteiger partial charge in [0.15, 0.2) is 0 Å². The molecular formula is C10H14N2. The van der Waals surface area contributed by atoms with Gasteiger partial charge in [0, 0.05) is 12.1 Å². The summed E-state index contributed by atoms with van der Waals surface area (Å²) in [6, 6.07) is 3.92. The predicted molar refractivity (Wildman–Crippen MR) is 45.3 cm³/mol. The molecule has 0 spiro atoms. The van der Waals surface area contributed by atoms with Crippen molar-refractivity contribution in [2.45, 2.75) is 44.2 Å². The van der Waals surface area contributed by atoms with Gasteiger partial charge in [0.2, 0.25) is 0 Å². The molecule has 64 valence electrons. The van der Waals surface area contributed by atoms with E-state index in [1.54, 1.807) is 0 Å². The second kappa shape index (κ2) is 2.03. The first-order valence-electron chi connectivity index (χ1n) is 4.97. The Morgan fingerprint density at radius 1 is 1.17 bits per heavy atom. The number of nitrogens with one attached hydrogen (secondary N) is 1. The molecule has 12 heavy (non-hydrogen) atoms. The van der Waals surface area contributed by atoms with E-state index in [9.17, 15) is 0 Å². The molecule has 0 aromatic heterocycles. The molecule has 1 N–H and O–H groups in total. The van der Waals surface area contributed by atoms with E-state index in [2.05, 4.69) is 11.4 Å². The van der Waals surface area contributed by atoms with Gasteiger partial charge in [0.1, 0.15) is 0 Å². The van der Waals surface area contributed by atoms with Gasteiger partial charge in [0.05, 0.1) is 11.5 Å². The highest BCUT2D eigenvalue weighted by Gasteiger charge is 2.51. The molecule has 0 amide bonds. The summed E-state index contributed by atoms with van der Waals surface area (Å²) in [6.45, 7) is 0. The third kappa shape index (κ3) is 0.778. The summed E-state index contributed by atoms with van der Waals surface area (Å²) >= 11 is 0. The van der Waals surface area contributed by atoms with Crippen molar-refractivity contribution in [2.75, 3.05) is 0 Å². The third-order valence-electron chi connectivity index (χ3n) is 3.90. The summed E-state index contributed by atoms with van der Waals surface area (Å²) in [4.78, 5) is 0. The van der Waals surface area contributed by atoms with Gasteiger partial charge >= 0.3 is 0 Å². The van der Waals surface area contributed by atoms with Crippen molar-refractivity contribution in [2.24, 2.45) is 11.3 Å². The second-order valence-corrected chi connectivity index (χ2v) is 4.90. The van der Waals surface area contributed by atoms with Gasteiger partial charge in [-0.1, -0.05) is 0 Å². The Bertz CT molecular complexity index is 216. The minimum Gasteiger partial charge on any atom is -0.311 e. The van der Waals surface area contributed by atoms with Crippen LogP contribution in [0.4, 0.5) is 0 Å². The molecule has 2 heteroatoms. The first-order valence-corrected chi connectivity index (χ1v) is 4.97. The molecule has 2 saturated heterocycles. The summed E-state index contributed by atoms with van der Waals surface area (Å²) in [7, 11) is 0. The summed E-state index contributed by atoms with van der Waals surface area (Å²) in [6.07, 6.45) is 6.10. The topological polar surface area (TPSA) is 35.8 Å². The minimum absolute atomic E-state index is 0.0851. The molecule has 4 bridgehead atoms. The van der Waals surface area contributed by atoms with Crippen molar-refractivity contribution >= 4 is 0 Å². The van der Waals surface area contributed by atoms with Crippen LogP contribution in [0.5, 0.6) is 0 Å². The normalized spacial score (nSPS) is 55.4. The molecule has 2 unspecified atom stereocenters. The molecule has 0 radical (unpaired) electrons. The summed E-state index contributed by atoms with van der Waals surface area (Å²) < 4.78 is 0. The van der Waals surface area contributed by atoms with Crippen LogP contribution in [0, 0.1) is 22.7 Å². The fourth-order valence-electron chi connectivity index (χ4n) is 3.70. The quantitative estimate of drug-likeness (QED) is 0.585. The molecule has 0 aromatic carbocycles. The molecule has 4 fully saturated rings. The van der Waals surface area contributed by atoms with E-state index >= 15 is 0 Å². The highest BCUT2D eigenvalue weighted by molar-refractivity contribution is 5.14. The van der Waals surface area contributed by atoms with Crippen molar-refractivity contribution in [3.8, 4) is 6.07 Å². The van der Waals surface area contributed by atoms with Crippen LogP contribution in [0.1, 0.15) is 32.1 Å². The Morgan fingerprint density at radius 3 is 2.33 bits per heavy atom. The van der Waals surface area contributed by atoms with Gasteiger partial charge in [-0.05, 0) is 38.0 Å². The molecule has 2 aliphatic carbocycles. The van der Waals surface area contributed by atoms with E-state index in [4.69, 9.17) is 5.26 Å². The van der Waals surface area contributed by atoms with Crippen LogP contribution in [0.2, 0.25) is 0 Å². The van der Waals surface area contributed by atoms with Crippen molar-refractivity contribution in [3.63, 3.8) is 0 Å². The Labute approximate surface area is 72.9 Å². The molecule has 2 saturated carbocycles. The first-order chi connectivity index (χ1) is 5.80. The van der Waals surface area contributed by atoms with Crippen LogP contribution < -0.4 is 5.32 Å². The zero-order chi connectivity index (χ0) is 8.18. The number of rotatable bonds is 0. The molecule has 2 aliphatic heterocycles. The maximum atomic E-state index is 9.15. The van der Waals surface area contributed by atoms with Crippen LogP contribution in [-0.2, 0) is 0 Å². The van der Waals surface area contributed by atoms with Crippen molar-refractivity contribution in [3.05, 3.63) is 0 Å². The van der Waals surface area contributed by atoms with Crippen LogP contribution >= 0.6 is 0 Å². The zero-order valence-electron chi connectivity index (χ0n) is 7.21. The van der Waals surface area contributed by atoms with Gasteiger partial charge in [-0.15, -0.1) is 0 Å². The highest BCUT2D eigenvalue weighted by atomic mass is 15.0. The first kappa shape index (κ1) is 6.91. The molecule has 4 aliphatic rings. The van der Waals surface area contributed by atoms with Crippen LogP contribution in [0.3, 0.4) is 0 Å². The van der Waals surface area contributed by atoms with E-state index in [-0.39, 0.29) is 5.41 Å². The average molecular weight is 162 g/mol. The lowest BCUT2D eigenvalue weighted by Crippen LogP contribution is -2.59. The van der Waals surface area contributed by atoms with E-state index in [1.807, 2.05) is 0 Å². The molecule has 4 rings (SSSR count). The van der Waals surface area contributed by atoms with E-state index in [1.165, 1.54) is 19.3 Å². The van der Waals surface area contributed by atoms with Crippen LogP contribution in [0.25, 0.3) is 0 Å². The van der Waals surface area contributed by atoms with Crippen molar-refractivity contribution in [1.82, 2.24) is 5.32 Å². The maximum absolute atomic E-state index is 9.15. The molecule has 0 aromatic rings. The number of hydrogen-bond acceptors (Lipinski definition) is 2. The Hall–Kier alpha value is -0.550. The summed E-state index contributed by atoms with van der Waals surface area (Å²) in [5.41, 5.74) is 0.0851. The van der Waals surface area contributed by atoms with Crippen molar-refractivity contribution < 1.29 is 0 Å². The molecular weight excluding hydrogens is 148 g/mol. The highest BCUT2D eigenvalue weighted by Crippen LogP contribution is 2.52. The van der Waals surface area contributed by atoms with Gasteiger partial charge in [-0.25, -0.2) is 0 Å². The number of nitrogens with zero attached hydrogens (tertiary/aromatic N) is 1. The van der Waals surface area contributed by atoms with E-state index in [0.29, 0.717) is 12.1 Å². The minimum atomic E-state index is 0.0851. The smallest absolute Gasteiger partial charge is 0.0691 e. The monoisotopic (exact) mass is 162 g/mol. The molecule has 2 nitrogen and oxygen atoms in total. The number of piperidine rings is 2. The summed E-state index contributed by atoms with van der Waals surface area (Å²) in [5.74, 6) is 0.864. The summed E-state index contributed by atoms with van der Waals surface area (Å²) in [5, 5.41) is 12.8. The van der Waals surface area contributed by atoms with Gasteiger partial charge in [-0.3, -0.25) is 0 Å². The van der Waals surface area contributed by atoms with Gasteiger partial charge in [-0.2, -0.15) is 5.26 Å². The van der Waals surface area contributed by atoms with Gasteiger partial charge < -0.3 is 5.32 Å². The Morgan fingerprint density at radius 2 is 1.83 bits per heavy atom. The predicted octanol–water partition coefficient (Wildman–Crippen LogP) is 1.43. The molecule has 2 heterocycles. The SMILES string of the molecule is N#CC12CC3CC(C1)NC(C3)C2. The van der Waals surface area contributed by atoms with E-state index < -0.39 is 0 Å². The molecule has 2 atom stereocenters. The Balaban J connectivity index is 1.97. The largest absolute Gasteiger partial charge is 0.311 e. The van der Waals surface area contributed by atoms with Crippen LogP contribution in [-0.4, -0.2) is 12.1 Å². The van der Waals surface area contributed by atoms with E-state index in [0.717, 1.165) is 18.8 Å². The van der Waals surface area contributed by atoms with Crippen LogP contribution in [0.15, 0.2) is 0 Å². The number of hydrogen-bond donors (Lipinski definition) is 1. The standard InChI is InChI=1S/C10H14N2/c11-6-10-3-7-1-8(4-10)12-9(2-7)5-10/h7-9,12H,1-5H2. The Kier molecular flexibility index (Phi) is 1.17. The average Bonchev–Trinajstić information content (AvgIpc) is 2.02. The number of nitriles is 1. The fraction of sp³-hybridized carbons (Fsp3) is 0.900. The lowest BCUT2D eigenvalue weighted by atomic mass is 9.57. The lowest BCUT2D eigenvalue weighted by molar-refractivity contribution is 0.0184. The third-order valence-corrected chi connectivity index (χ3v) is 3.90. The zero-order valence-corrected chi connectivity index (χ0v) is 7.21. The lowest BCUT2D eigenvalue weighted by Gasteiger charge is -2.54. The fourth-order valence-corrected chi connectivity index (χ4v) is 3.70. The van der Waals surface area contributed by atoms with Gasteiger partial charge in [0.25, 0.3) is 0 Å². The second-order valence-electron chi connectivity index (χ2n) is 4.90. The van der Waals surface area contributed by atoms with Crippen molar-refractivity contribution in [1.29, 1.82) is 5.26 Å². The maximum Gasteiger partial charge on any atom is 0.0691 e.